The highest BCUT2D eigenvalue weighted by Gasteiger charge is 2.42. The predicted octanol–water partition coefficient (Wildman–Crippen LogP) is 3.15. The molecule has 1 N–H and O–H groups in total. The number of Topliss-reactive ketones (excluding diaryl/α,β-unsaturated/α-hetero) is 1. The van der Waals surface area contributed by atoms with Crippen molar-refractivity contribution in [2.24, 2.45) is 0 Å². The molecule has 3 rings (SSSR count). The third-order valence-corrected chi connectivity index (χ3v) is 5.29. The highest BCUT2D eigenvalue weighted by atomic mass is 79.9. The van der Waals surface area contributed by atoms with Gasteiger partial charge in [-0.2, -0.15) is 0 Å². The van der Waals surface area contributed by atoms with E-state index in [-0.39, 0.29) is 5.56 Å². The van der Waals surface area contributed by atoms with Gasteiger partial charge in [0.15, 0.2) is 5.78 Å². The van der Waals surface area contributed by atoms with Crippen molar-refractivity contribution in [3.05, 3.63) is 34.1 Å². The Bertz CT molecular complexity index is 549. The minimum absolute atomic E-state index is 0.0195. The van der Waals surface area contributed by atoms with Crippen molar-refractivity contribution < 1.29 is 14.3 Å². The molecule has 3 nitrogen and oxygen atoms in total. The molecule has 0 aromatic heterocycles. The molecule has 0 radical (unpaired) electrons. The molecule has 1 aromatic rings. The number of fused-ring (bicyclic) bond motifs is 1. The van der Waals surface area contributed by atoms with Gasteiger partial charge in [-0.25, -0.2) is 4.39 Å². The fourth-order valence-corrected chi connectivity index (χ4v) is 3.89. The second kappa shape index (κ2) is 5.78. The molecule has 0 saturated carbocycles. The van der Waals surface area contributed by atoms with Crippen molar-refractivity contribution in [2.45, 2.75) is 43.7 Å². The van der Waals surface area contributed by atoms with Gasteiger partial charge in [0.25, 0.3) is 0 Å². The molecule has 0 aliphatic carbocycles. The molecule has 2 unspecified atom stereocenters. The van der Waals surface area contributed by atoms with E-state index in [9.17, 15) is 14.3 Å². The van der Waals surface area contributed by atoms with Gasteiger partial charge in [-0.15, -0.1) is 0 Å². The lowest BCUT2D eigenvalue weighted by molar-refractivity contribution is 0.0235. The molecule has 2 saturated heterocycles. The van der Waals surface area contributed by atoms with Crippen LogP contribution in [-0.2, 0) is 0 Å². The molecule has 2 aliphatic heterocycles. The maximum absolute atomic E-state index is 13.9. The Hall–Kier alpha value is -0.780. The number of hydrogen-bond donors (Lipinski definition) is 1. The molecule has 2 heterocycles. The number of nitrogens with zero attached hydrogens (tertiary/aromatic N) is 1. The normalized spacial score (nSPS) is 30.0. The van der Waals surface area contributed by atoms with Gasteiger partial charge in [-0.05, 0) is 56.8 Å². The van der Waals surface area contributed by atoms with Gasteiger partial charge in [-0.1, -0.05) is 15.9 Å². The summed E-state index contributed by atoms with van der Waals surface area (Å²) in [5.41, 5.74) is -1.46. The van der Waals surface area contributed by atoms with Crippen LogP contribution in [0.1, 0.15) is 42.5 Å². The van der Waals surface area contributed by atoms with Crippen molar-refractivity contribution in [1.29, 1.82) is 0 Å². The molecule has 0 bridgehead atoms. The van der Waals surface area contributed by atoms with E-state index in [2.05, 4.69) is 20.8 Å². The van der Waals surface area contributed by atoms with Crippen LogP contribution in [-0.4, -0.2) is 40.5 Å². The SMILES string of the molecule is O=C(c1cc(Br)ccc1F)C1(O)CCC2CCCN2CC1. The molecule has 114 valence electrons. The molecule has 5 heteroatoms. The summed E-state index contributed by atoms with van der Waals surface area (Å²) in [7, 11) is 0. The zero-order valence-electron chi connectivity index (χ0n) is 11.8. The summed E-state index contributed by atoms with van der Waals surface area (Å²) < 4.78 is 14.6. The van der Waals surface area contributed by atoms with E-state index < -0.39 is 17.2 Å². The number of aliphatic hydroxyl groups is 1. The van der Waals surface area contributed by atoms with Crippen LogP contribution in [0, 0.1) is 5.82 Å². The lowest BCUT2D eigenvalue weighted by Crippen LogP contribution is -2.40. The molecule has 0 spiro atoms. The van der Waals surface area contributed by atoms with Gasteiger partial charge in [0.2, 0.25) is 0 Å². The molecule has 1 aromatic carbocycles. The van der Waals surface area contributed by atoms with Gasteiger partial charge < -0.3 is 10.0 Å². The summed E-state index contributed by atoms with van der Waals surface area (Å²) in [5, 5.41) is 10.8. The zero-order valence-corrected chi connectivity index (χ0v) is 13.4. The Balaban J connectivity index is 1.84. The average Bonchev–Trinajstić information content (AvgIpc) is 2.86. The Morgan fingerprint density at radius 3 is 2.95 bits per heavy atom. The minimum atomic E-state index is -1.44. The summed E-state index contributed by atoms with van der Waals surface area (Å²) in [4.78, 5) is 15.0. The van der Waals surface area contributed by atoms with Crippen molar-refractivity contribution in [3.63, 3.8) is 0 Å². The smallest absolute Gasteiger partial charge is 0.197 e. The third kappa shape index (κ3) is 2.91. The second-order valence-electron chi connectivity index (χ2n) is 6.11. The van der Waals surface area contributed by atoms with Crippen LogP contribution in [0.25, 0.3) is 0 Å². The van der Waals surface area contributed by atoms with Gasteiger partial charge in [-0.3, -0.25) is 4.79 Å². The molecule has 0 amide bonds. The van der Waals surface area contributed by atoms with E-state index in [1.807, 2.05) is 0 Å². The largest absolute Gasteiger partial charge is 0.382 e. The number of carbonyl (C=O) groups excluding carboxylic acids is 1. The van der Waals surface area contributed by atoms with Crippen molar-refractivity contribution in [2.75, 3.05) is 13.1 Å². The topological polar surface area (TPSA) is 40.5 Å². The van der Waals surface area contributed by atoms with E-state index in [1.54, 1.807) is 6.07 Å². The first-order valence-corrected chi connectivity index (χ1v) is 8.25. The van der Waals surface area contributed by atoms with Gasteiger partial charge >= 0.3 is 0 Å². The number of halogens is 2. The van der Waals surface area contributed by atoms with E-state index in [0.29, 0.717) is 29.9 Å². The van der Waals surface area contributed by atoms with Crippen LogP contribution in [0.3, 0.4) is 0 Å². The van der Waals surface area contributed by atoms with E-state index in [0.717, 1.165) is 19.4 Å². The van der Waals surface area contributed by atoms with Crippen molar-refractivity contribution in [1.82, 2.24) is 4.90 Å². The fraction of sp³-hybridized carbons (Fsp3) is 0.562. The van der Waals surface area contributed by atoms with Crippen molar-refractivity contribution in [3.8, 4) is 0 Å². The Morgan fingerprint density at radius 1 is 1.33 bits per heavy atom. The van der Waals surface area contributed by atoms with Gasteiger partial charge in [0, 0.05) is 17.1 Å². The number of benzene rings is 1. The first kappa shape index (κ1) is 15.1. The fourth-order valence-electron chi connectivity index (χ4n) is 3.52. The van der Waals surface area contributed by atoms with Crippen LogP contribution >= 0.6 is 15.9 Å². The summed E-state index contributed by atoms with van der Waals surface area (Å²) in [6.07, 6.45) is 3.93. The second-order valence-corrected chi connectivity index (χ2v) is 7.02. The summed E-state index contributed by atoms with van der Waals surface area (Å²) in [5.74, 6) is -1.05. The van der Waals surface area contributed by atoms with Crippen LogP contribution in [0.4, 0.5) is 4.39 Å². The van der Waals surface area contributed by atoms with Crippen LogP contribution in [0.2, 0.25) is 0 Å². The highest BCUT2D eigenvalue weighted by Crippen LogP contribution is 2.34. The van der Waals surface area contributed by atoms with Crippen LogP contribution in [0.5, 0.6) is 0 Å². The van der Waals surface area contributed by atoms with Crippen molar-refractivity contribution >= 4 is 21.7 Å². The molecule has 2 fully saturated rings. The number of rotatable bonds is 2. The Morgan fingerprint density at radius 2 is 2.14 bits per heavy atom. The summed E-state index contributed by atoms with van der Waals surface area (Å²) >= 11 is 3.25. The maximum atomic E-state index is 13.9. The predicted molar refractivity (Wildman–Crippen MR) is 81.8 cm³/mol. The average molecular weight is 356 g/mol. The minimum Gasteiger partial charge on any atom is -0.382 e. The monoisotopic (exact) mass is 355 g/mol. The van der Waals surface area contributed by atoms with E-state index in [4.69, 9.17) is 0 Å². The Labute approximate surface area is 132 Å². The molecule has 2 aliphatic rings. The van der Waals surface area contributed by atoms with E-state index in [1.165, 1.54) is 18.6 Å². The summed E-state index contributed by atoms with van der Waals surface area (Å²) in [6, 6.07) is 4.75. The lowest BCUT2D eigenvalue weighted by atomic mass is 9.85. The first-order valence-electron chi connectivity index (χ1n) is 7.46. The maximum Gasteiger partial charge on any atom is 0.197 e. The van der Waals surface area contributed by atoms with E-state index >= 15 is 0 Å². The van der Waals surface area contributed by atoms with Gasteiger partial charge in [0.05, 0.1) is 5.56 Å². The quantitative estimate of drug-likeness (QED) is 0.828. The summed E-state index contributed by atoms with van der Waals surface area (Å²) in [6.45, 7) is 1.75. The molecular formula is C16H19BrFNO2. The van der Waals surface area contributed by atoms with Gasteiger partial charge in [0.1, 0.15) is 11.4 Å². The number of ketones is 1. The number of hydrogen-bond acceptors (Lipinski definition) is 3. The highest BCUT2D eigenvalue weighted by molar-refractivity contribution is 9.10. The van der Waals surface area contributed by atoms with Crippen LogP contribution in [0.15, 0.2) is 22.7 Å². The Kier molecular flexibility index (Phi) is 4.17. The zero-order chi connectivity index (χ0) is 15.0. The molecule has 21 heavy (non-hydrogen) atoms. The molecule has 2 atom stereocenters. The third-order valence-electron chi connectivity index (χ3n) is 4.80. The van der Waals surface area contributed by atoms with Crippen LogP contribution < -0.4 is 0 Å². The standard InChI is InChI=1S/C16H19BrFNO2/c17-11-3-4-14(18)13(10-11)15(20)16(21)6-5-12-2-1-8-19(12)9-7-16/h3-4,10,12,21H,1-2,5-9H2. The lowest BCUT2D eigenvalue weighted by Gasteiger charge is -2.25. The number of carbonyl (C=O) groups is 1. The first-order chi connectivity index (χ1) is 9.99. The molecular weight excluding hydrogens is 337 g/mol.